The van der Waals surface area contributed by atoms with E-state index in [9.17, 15) is 13.9 Å². The van der Waals surface area contributed by atoms with Gasteiger partial charge in [0.05, 0.1) is 6.10 Å². The van der Waals surface area contributed by atoms with E-state index in [1.165, 1.54) is 23.9 Å². The highest BCUT2D eigenvalue weighted by atomic mass is 35.5. The maximum Gasteiger partial charge on any atom is 0.129 e. The molecule has 0 saturated carbocycles. The zero-order chi connectivity index (χ0) is 14.5. The number of hydrogen-bond donors (Lipinski definition) is 1. The molecule has 5 heteroatoms. The van der Waals surface area contributed by atoms with Gasteiger partial charge in [-0.25, -0.2) is 8.78 Å². The molecule has 0 aliphatic carbocycles. The van der Waals surface area contributed by atoms with E-state index in [-0.39, 0.29) is 6.42 Å². The molecule has 1 nitrogen and oxygen atoms in total. The summed E-state index contributed by atoms with van der Waals surface area (Å²) in [6.07, 6.45) is -0.539. The Morgan fingerprint density at radius 1 is 1.10 bits per heavy atom. The van der Waals surface area contributed by atoms with Crippen molar-refractivity contribution in [2.45, 2.75) is 17.4 Å². The Bertz CT molecular complexity index is 575. The van der Waals surface area contributed by atoms with Crippen LogP contribution in [0.3, 0.4) is 0 Å². The van der Waals surface area contributed by atoms with Crippen LogP contribution in [0.1, 0.15) is 5.56 Å². The third-order valence-corrected chi connectivity index (χ3v) is 4.14. The highest BCUT2D eigenvalue weighted by Gasteiger charge is 2.11. The van der Waals surface area contributed by atoms with Crippen LogP contribution >= 0.6 is 23.4 Å². The minimum absolute atomic E-state index is 0.159. The van der Waals surface area contributed by atoms with Crippen LogP contribution in [0.4, 0.5) is 8.78 Å². The minimum Gasteiger partial charge on any atom is -0.392 e. The molecule has 0 aliphatic heterocycles. The molecule has 0 amide bonds. The summed E-state index contributed by atoms with van der Waals surface area (Å²) in [7, 11) is 0. The predicted molar refractivity (Wildman–Crippen MR) is 78.2 cm³/mol. The maximum atomic E-state index is 13.4. The van der Waals surface area contributed by atoms with Crippen molar-refractivity contribution in [3.05, 3.63) is 64.7 Å². The Morgan fingerprint density at radius 3 is 2.45 bits per heavy atom. The fourth-order valence-corrected chi connectivity index (χ4v) is 2.68. The standard InChI is InChI=1S/C15H13ClF2OS/c16-11-2-5-14(6-3-11)20-9-13(19)7-10-1-4-12(17)8-15(10)18/h1-6,8,13,19H,7,9H2. The second-order valence-corrected chi connectivity index (χ2v) is 5.89. The van der Waals surface area contributed by atoms with Gasteiger partial charge in [-0.15, -0.1) is 11.8 Å². The molecule has 2 aromatic carbocycles. The van der Waals surface area contributed by atoms with Crippen molar-refractivity contribution in [1.82, 2.24) is 0 Å². The van der Waals surface area contributed by atoms with Gasteiger partial charge in [0.15, 0.2) is 0 Å². The van der Waals surface area contributed by atoms with E-state index in [0.29, 0.717) is 16.3 Å². The van der Waals surface area contributed by atoms with Crippen LogP contribution in [0, 0.1) is 11.6 Å². The lowest BCUT2D eigenvalue weighted by atomic mass is 10.1. The van der Waals surface area contributed by atoms with Gasteiger partial charge in [-0.3, -0.25) is 0 Å². The van der Waals surface area contributed by atoms with Crippen LogP contribution < -0.4 is 0 Å². The summed E-state index contributed by atoms with van der Waals surface area (Å²) in [4.78, 5) is 0.980. The lowest BCUT2D eigenvalue weighted by Gasteiger charge is -2.11. The number of halogens is 3. The zero-order valence-corrected chi connectivity index (χ0v) is 12.1. The first-order chi connectivity index (χ1) is 9.54. The summed E-state index contributed by atoms with van der Waals surface area (Å²) in [6, 6.07) is 10.6. The lowest BCUT2D eigenvalue weighted by molar-refractivity contribution is 0.198. The van der Waals surface area contributed by atoms with Crippen LogP contribution in [-0.4, -0.2) is 17.0 Å². The van der Waals surface area contributed by atoms with E-state index < -0.39 is 17.7 Å². The Kier molecular flexibility index (Phi) is 5.40. The molecule has 20 heavy (non-hydrogen) atoms. The number of hydrogen-bond acceptors (Lipinski definition) is 2. The highest BCUT2D eigenvalue weighted by molar-refractivity contribution is 7.99. The molecule has 0 aromatic heterocycles. The summed E-state index contributed by atoms with van der Waals surface area (Å²) in [5, 5.41) is 10.6. The van der Waals surface area contributed by atoms with Crippen molar-refractivity contribution in [3.63, 3.8) is 0 Å². The molecule has 1 atom stereocenters. The zero-order valence-electron chi connectivity index (χ0n) is 10.5. The van der Waals surface area contributed by atoms with Gasteiger partial charge in [-0.2, -0.15) is 0 Å². The van der Waals surface area contributed by atoms with E-state index in [1.807, 2.05) is 12.1 Å². The molecule has 0 heterocycles. The largest absolute Gasteiger partial charge is 0.392 e. The Labute approximate surface area is 125 Å². The summed E-state index contributed by atoms with van der Waals surface area (Å²) in [5.74, 6) is -0.810. The summed E-state index contributed by atoms with van der Waals surface area (Å²) in [5.41, 5.74) is 0.315. The van der Waals surface area contributed by atoms with Crippen LogP contribution in [-0.2, 0) is 6.42 Å². The van der Waals surface area contributed by atoms with Gasteiger partial charge in [-0.05, 0) is 35.9 Å². The van der Waals surface area contributed by atoms with Gasteiger partial charge in [0.2, 0.25) is 0 Å². The van der Waals surface area contributed by atoms with Crippen LogP contribution in [0.2, 0.25) is 5.02 Å². The molecule has 0 radical (unpaired) electrons. The molecule has 106 valence electrons. The second kappa shape index (κ2) is 7.07. The van der Waals surface area contributed by atoms with Crippen molar-refractivity contribution >= 4 is 23.4 Å². The quantitative estimate of drug-likeness (QED) is 0.830. The lowest BCUT2D eigenvalue weighted by Crippen LogP contribution is -2.14. The highest BCUT2D eigenvalue weighted by Crippen LogP contribution is 2.22. The summed E-state index contributed by atoms with van der Waals surface area (Å²) >= 11 is 7.24. The smallest absolute Gasteiger partial charge is 0.129 e. The average Bonchev–Trinajstić information content (AvgIpc) is 2.41. The van der Waals surface area contributed by atoms with E-state index >= 15 is 0 Å². The van der Waals surface area contributed by atoms with Gasteiger partial charge < -0.3 is 5.11 Å². The van der Waals surface area contributed by atoms with E-state index in [4.69, 9.17) is 11.6 Å². The SMILES string of the molecule is OC(CSc1ccc(Cl)cc1)Cc1ccc(F)cc1F. The molecular weight excluding hydrogens is 302 g/mol. The van der Waals surface area contributed by atoms with E-state index in [2.05, 4.69) is 0 Å². The Balaban J connectivity index is 1.89. The second-order valence-electron chi connectivity index (χ2n) is 4.36. The molecule has 2 rings (SSSR count). The predicted octanol–water partition coefficient (Wildman–Crippen LogP) is 4.31. The van der Waals surface area contributed by atoms with Crippen LogP contribution in [0.25, 0.3) is 0 Å². The molecule has 0 bridgehead atoms. The number of thioether (sulfide) groups is 1. The third kappa shape index (κ3) is 4.47. The Morgan fingerprint density at radius 2 is 1.80 bits per heavy atom. The molecular formula is C15H13ClF2OS. The first-order valence-electron chi connectivity index (χ1n) is 6.05. The topological polar surface area (TPSA) is 20.2 Å². The van der Waals surface area contributed by atoms with Gasteiger partial charge >= 0.3 is 0 Å². The van der Waals surface area contributed by atoms with Crippen molar-refractivity contribution < 1.29 is 13.9 Å². The number of aliphatic hydroxyl groups is 1. The molecule has 1 N–H and O–H groups in total. The number of aliphatic hydroxyl groups excluding tert-OH is 1. The normalized spacial score (nSPS) is 12.4. The third-order valence-electron chi connectivity index (χ3n) is 2.73. The molecule has 0 aliphatic rings. The van der Waals surface area contributed by atoms with Crippen molar-refractivity contribution in [2.24, 2.45) is 0 Å². The minimum atomic E-state index is -0.698. The molecule has 0 saturated heterocycles. The molecule has 0 fully saturated rings. The average molecular weight is 315 g/mol. The summed E-state index contributed by atoms with van der Waals surface area (Å²) in [6.45, 7) is 0. The van der Waals surface area contributed by atoms with Gasteiger partial charge in [0, 0.05) is 28.2 Å². The fraction of sp³-hybridized carbons (Fsp3) is 0.200. The van der Waals surface area contributed by atoms with Crippen LogP contribution in [0.5, 0.6) is 0 Å². The molecule has 1 unspecified atom stereocenters. The first-order valence-corrected chi connectivity index (χ1v) is 7.41. The van der Waals surface area contributed by atoms with Gasteiger partial charge in [0.1, 0.15) is 11.6 Å². The molecule has 2 aromatic rings. The van der Waals surface area contributed by atoms with Crippen molar-refractivity contribution in [3.8, 4) is 0 Å². The van der Waals surface area contributed by atoms with E-state index in [1.54, 1.807) is 12.1 Å². The number of rotatable bonds is 5. The van der Waals surface area contributed by atoms with Crippen LogP contribution in [0.15, 0.2) is 47.4 Å². The fourth-order valence-electron chi connectivity index (χ4n) is 1.72. The van der Waals surface area contributed by atoms with E-state index in [0.717, 1.165) is 11.0 Å². The summed E-state index contributed by atoms with van der Waals surface area (Å²) < 4.78 is 26.2. The monoisotopic (exact) mass is 314 g/mol. The Hall–Kier alpha value is -1.10. The molecule has 0 spiro atoms. The van der Waals surface area contributed by atoms with Gasteiger partial charge in [-0.1, -0.05) is 17.7 Å². The van der Waals surface area contributed by atoms with Gasteiger partial charge in [0.25, 0.3) is 0 Å². The maximum absolute atomic E-state index is 13.4. The van der Waals surface area contributed by atoms with Crippen molar-refractivity contribution in [1.29, 1.82) is 0 Å². The number of benzene rings is 2. The van der Waals surface area contributed by atoms with Crippen molar-refractivity contribution in [2.75, 3.05) is 5.75 Å². The first kappa shape index (κ1) is 15.3.